The molecule has 0 saturated heterocycles. The highest BCUT2D eigenvalue weighted by Gasteiger charge is 2.23. The number of fused-ring (bicyclic) bond motifs is 1. The van der Waals surface area contributed by atoms with Crippen LogP contribution in [0.4, 0.5) is 0 Å². The van der Waals surface area contributed by atoms with E-state index in [1.807, 2.05) is 48.5 Å². The van der Waals surface area contributed by atoms with Gasteiger partial charge in [0.15, 0.2) is 24.0 Å². The first-order chi connectivity index (χ1) is 14.6. The van der Waals surface area contributed by atoms with Crippen molar-refractivity contribution in [2.75, 3.05) is 28.1 Å². The van der Waals surface area contributed by atoms with Crippen molar-refractivity contribution in [3.05, 3.63) is 71.3 Å². The second-order valence-corrected chi connectivity index (χ2v) is 6.44. The Morgan fingerprint density at radius 2 is 1.80 bits per heavy atom. The smallest absolute Gasteiger partial charge is 0.358 e. The molecule has 0 heterocycles. The van der Waals surface area contributed by atoms with Crippen molar-refractivity contribution in [2.45, 2.75) is 6.42 Å². The zero-order chi connectivity index (χ0) is 21.5. The van der Waals surface area contributed by atoms with Gasteiger partial charge < -0.3 is 24.2 Å². The standard InChI is InChI=1S/C23H23NO6/c1-27-14-30-22-19(28-2)13-18(21(23(25)26)24-29-3)17-11-7-10-16(20(17)22)12-15-8-5-4-6-9-15/h4-11,13H,12,14H2,1-3H3,(H,25,26)/b24-21-. The predicted octanol–water partition coefficient (Wildman–Crippen LogP) is 3.86. The van der Waals surface area contributed by atoms with Crippen LogP contribution in [0.1, 0.15) is 16.7 Å². The number of hydrogen-bond acceptors (Lipinski definition) is 6. The van der Waals surface area contributed by atoms with Crippen molar-refractivity contribution in [1.29, 1.82) is 0 Å². The summed E-state index contributed by atoms with van der Waals surface area (Å²) in [5.74, 6) is -0.355. The second kappa shape index (κ2) is 9.76. The van der Waals surface area contributed by atoms with Gasteiger partial charge in [0.05, 0.1) is 7.11 Å². The summed E-state index contributed by atoms with van der Waals surface area (Å²) in [5.41, 5.74) is 2.20. The molecule has 0 atom stereocenters. The minimum absolute atomic E-state index is 0.0163. The third-order valence-corrected chi connectivity index (χ3v) is 4.59. The first kappa shape index (κ1) is 21.1. The van der Waals surface area contributed by atoms with Gasteiger partial charge >= 0.3 is 5.97 Å². The fourth-order valence-corrected chi connectivity index (χ4v) is 3.36. The van der Waals surface area contributed by atoms with E-state index in [4.69, 9.17) is 19.0 Å². The largest absolute Gasteiger partial charge is 0.493 e. The minimum Gasteiger partial charge on any atom is -0.493 e. The van der Waals surface area contributed by atoms with Gasteiger partial charge in [-0.05, 0) is 29.0 Å². The summed E-state index contributed by atoms with van der Waals surface area (Å²) in [6.45, 7) is 0.0163. The van der Waals surface area contributed by atoms with Gasteiger partial charge in [0.2, 0.25) is 0 Å². The second-order valence-electron chi connectivity index (χ2n) is 6.44. The van der Waals surface area contributed by atoms with E-state index >= 15 is 0 Å². The molecule has 0 unspecified atom stereocenters. The molecule has 0 aromatic heterocycles. The van der Waals surface area contributed by atoms with Crippen molar-refractivity contribution < 1.29 is 28.9 Å². The van der Waals surface area contributed by atoms with Crippen LogP contribution in [0.25, 0.3) is 10.8 Å². The molecule has 0 bridgehead atoms. The molecular weight excluding hydrogens is 386 g/mol. The van der Waals surface area contributed by atoms with E-state index in [-0.39, 0.29) is 12.5 Å². The molecule has 7 heteroatoms. The van der Waals surface area contributed by atoms with Crippen LogP contribution in [0.15, 0.2) is 59.8 Å². The van der Waals surface area contributed by atoms with Crippen LogP contribution in [0, 0.1) is 0 Å². The zero-order valence-corrected chi connectivity index (χ0v) is 17.0. The molecule has 0 fully saturated rings. The highest BCUT2D eigenvalue weighted by atomic mass is 16.7. The Balaban J connectivity index is 2.33. The quantitative estimate of drug-likeness (QED) is 0.328. The number of hydrogen-bond donors (Lipinski definition) is 1. The molecule has 0 radical (unpaired) electrons. The van der Waals surface area contributed by atoms with Crippen LogP contribution in [-0.2, 0) is 20.8 Å². The topological polar surface area (TPSA) is 86.6 Å². The van der Waals surface area contributed by atoms with Crippen molar-refractivity contribution >= 4 is 22.5 Å². The van der Waals surface area contributed by atoms with E-state index in [0.29, 0.717) is 28.9 Å². The first-order valence-electron chi connectivity index (χ1n) is 9.23. The Morgan fingerprint density at radius 3 is 2.43 bits per heavy atom. The van der Waals surface area contributed by atoms with Crippen LogP contribution < -0.4 is 9.47 Å². The molecule has 3 rings (SSSR count). The molecule has 0 saturated carbocycles. The molecule has 3 aromatic carbocycles. The van der Waals surface area contributed by atoms with Crippen molar-refractivity contribution in [2.24, 2.45) is 5.16 Å². The molecule has 1 N–H and O–H groups in total. The molecule has 30 heavy (non-hydrogen) atoms. The molecule has 0 amide bonds. The van der Waals surface area contributed by atoms with Gasteiger partial charge in [-0.3, -0.25) is 0 Å². The number of benzene rings is 3. The lowest BCUT2D eigenvalue weighted by atomic mass is 9.93. The maximum atomic E-state index is 11.9. The minimum atomic E-state index is -1.21. The lowest BCUT2D eigenvalue weighted by Crippen LogP contribution is -2.16. The van der Waals surface area contributed by atoms with Crippen LogP contribution in [0.3, 0.4) is 0 Å². The average Bonchev–Trinajstić information content (AvgIpc) is 2.76. The van der Waals surface area contributed by atoms with Gasteiger partial charge in [-0.2, -0.15) is 0 Å². The molecule has 0 aliphatic rings. The monoisotopic (exact) mass is 409 g/mol. The number of nitrogens with zero attached hydrogens (tertiary/aromatic N) is 1. The summed E-state index contributed by atoms with van der Waals surface area (Å²) in [4.78, 5) is 16.6. The number of oxime groups is 1. The molecule has 0 aliphatic carbocycles. The lowest BCUT2D eigenvalue weighted by Gasteiger charge is -2.18. The van der Waals surface area contributed by atoms with Gasteiger partial charge in [-0.1, -0.05) is 53.7 Å². The van der Waals surface area contributed by atoms with Gasteiger partial charge in [0.25, 0.3) is 0 Å². The molecule has 0 aliphatic heterocycles. The molecule has 7 nitrogen and oxygen atoms in total. The van der Waals surface area contributed by atoms with Crippen molar-refractivity contribution in [1.82, 2.24) is 0 Å². The van der Waals surface area contributed by atoms with Crippen molar-refractivity contribution in [3.63, 3.8) is 0 Å². The van der Waals surface area contributed by atoms with Gasteiger partial charge in [0, 0.05) is 18.1 Å². The predicted molar refractivity (Wildman–Crippen MR) is 113 cm³/mol. The van der Waals surface area contributed by atoms with E-state index in [2.05, 4.69) is 5.16 Å². The van der Waals surface area contributed by atoms with E-state index in [1.165, 1.54) is 21.3 Å². The summed E-state index contributed by atoms with van der Waals surface area (Å²) >= 11 is 0. The molecule has 0 spiro atoms. The maximum absolute atomic E-state index is 11.9. The third-order valence-electron chi connectivity index (χ3n) is 4.59. The Labute approximate surface area is 174 Å². The van der Waals surface area contributed by atoms with E-state index < -0.39 is 5.97 Å². The fourth-order valence-electron chi connectivity index (χ4n) is 3.36. The van der Waals surface area contributed by atoms with E-state index in [1.54, 1.807) is 6.07 Å². The van der Waals surface area contributed by atoms with Crippen LogP contribution in [-0.4, -0.2) is 44.9 Å². The Hall–Kier alpha value is -3.58. The number of carboxylic acids is 1. The Kier molecular flexibility index (Phi) is 6.87. The SMILES string of the molecule is COCOc1c(OC)cc(/C(=N/OC)C(=O)O)c2cccc(Cc3ccccc3)c12. The number of carboxylic acid groups (broad SMARTS) is 1. The maximum Gasteiger partial charge on any atom is 0.358 e. The lowest BCUT2D eigenvalue weighted by molar-refractivity contribution is -0.129. The van der Waals surface area contributed by atoms with Gasteiger partial charge in [0.1, 0.15) is 7.11 Å². The number of methoxy groups -OCH3 is 2. The fraction of sp³-hybridized carbons (Fsp3) is 0.217. The van der Waals surface area contributed by atoms with E-state index in [0.717, 1.165) is 16.5 Å². The van der Waals surface area contributed by atoms with Crippen molar-refractivity contribution in [3.8, 4) is 11.5 Å². The summed E-state index contributed by atoms with van der Waals surface area (Å²) in [7, 11) is 4.33. The van der Waals surface area contributed by atoms with Gasteiger partial charge in [-0.25, -0.2) is 4.79 Å². The average molecular weight is 409 g/mol. The van der Waals surface area contributed by atoms with Crippen LogP contribution >= 0.6 is 0 Å². The third kappa shape index (κ3) is 4.36. The summed E-state index contributed by atoms with van der Waals surface area (Å²) < 4.78 is 16.5. The molecular formula is C23H23NO6. The number of rotatable bonds is 9. The Bertz CT molecular complexity index is 1060. The Morgan fingerprint density at radius 1 is 1.03 bits per heavy atom. The number of aliphatic carboxylic acids is 1. The summed E-state index contributed by atoms with van der Waals surface area (Å²) in [6.07, 6.45) is 0.623. The highest BCUT2D eigenvalue weighted by Crippen LogP contribution is 2.41. The highest BCUT2D eigenvalue weighted by molar-refractivity contribution is 6.45. The normalized spacial score (nSPS) is 11.4. The summed E-state index contributed by atoms with van der Waals surface area (Å²) in [5, 5.41) is 14.8. The molecule has 156 valence electrons. The molecule has 3 aromatic rings. The van der Waals surface area contributed by atoms with Crippen LogP contribution in [0.2, 0.25) is 0 Å². The van der Waals surface area contributed by atoms with Gasteiger partial charge in [-0.15, -0.1) is 0 Å². The number of ether oxygens (including phenoxy) is 3. The first-order valence-corrected chi connectivity index (χ1v) is 9.23. The summed E-state index contributed by atoms with van der Waals surface area (Å²) in [6, 6.07) is 17.2. The zero-order valence-electron chi connectivity index (χ0n) is 17.0. The number of carbonyl (C=O) groups is 1. The van der Waals surface area contributed by atoms with Crippen LogP contribution in [0.5, 0.6) is 11.5 Å². The van der Waals surface area contributed by atoms with E-state index in [9.17, 15) is 9.90 Å².